The van der Waals surface area contributed by atoms with Crippen molar-refractivity contribution in [1.82, 2.24) is 0 Å². The van der Waals surface area contributed by atoms with Gasteiger partial charge in [-0.25, -0.2) is 0 Å². The molecule has 0 aliphatic rings. The van der Waals surface area contributed by atoms with Gasteiger partial charge in [0.25, 0.3) is 0 Å². The molecule has 1 aromatic rings. The number of benzene rings is 1. The van der Waals surface area contributed by atoms with Crippen LogP contribution in [0.3, 0.4) is 0 Å². The summed E-state index contributed by atoms with van der Waals surface area (Å²) in [6.07, 6.45) is 4.23. The average molecular weight is 226 g/mol. The van der Waals surface area contributed by atoms with Crippen molar-refractivity contribution in [3.05, 3.63) is 34.9 Å². The molecule has 1 aromatic carbocycles. The highest BCUT2D eigenvalue weighted by atomic mass is 35.5. The van der Waals surface area contributed by atoms with Crippen molar-refractivity contribution in [3.63, 3.8) is 0 Å². The first kappa shape index (κ1) is 12.5. The van der Waals surface area contributed by atoms with E-state index in [9.17, 15) is 0 Å². The van der Waals surface area contributed by atoms with Gasteiger partial charge in [0, 0.05) is 10.6 Å². The fourth-order valence-electron chi connectivity index (χ4n) is 2.10. The minimum atomic E-state index is -0.200. The van der Waals surface area contributed by atoms with Crippen LogP contribution >= 0.6 is 11.6 Å². The average Bonchev–Trinajstić information content (AvgIpc) is 2.18. The van der Waals surface area contributed by atoms with Gasteiger partial charge in [-0.2, -0.15) is 0 Å². The summed E-state index contributed by atoms with van der Waals surface area (Å²) in [7, 11) is 0. The Kier molecular flexibility index (Phi) is 4.62. The molecule has 0 amide bonds. The molecular formula is C13H20ClN. The van der Waals surface area contributed by atoms with Crippen LogP contribution in [-0.2, 0) is 5.54 Å². The van der Waals surface area contributed by atoms with E-state index in [0.717, 1.165) is 30.7 Å². The van der Waals surface area contributed by atoms with Crippen LogP contribution in [0.2, 0.25) is 5.02 Å². The normalized spacial score (nSPS) is 11.7. The van der Waals surface area contributed by atoms with Crippen molar-refractivity contribution in [1.29, 1.82) is 0 Å². The Morgan fingerprint density at radius 3 is 2.27 bits per heavy atom. The Hall–Kier alpha value is -0.530. The number of hydrogen-bond acceptors (Lipinski definition) is 1. The van der Waals surface area contributed by atoms with Crippen molar-refractivity contribution in [2.45, 2.75) is 45.1 Å². The van der Waals surface area contributed by atoms with Gasteiger partial charge >= 0.3 is 0 Å². The van der Waals surface area contributed by atoms with E-state index in [1.807, 2.05) is 18.2 Å². The zero-order valence-electron chi connectivity index (χ0n) is 9.59. The lowest BCUT2D eigenvalue weighted by Crippen LogP contribution is -2.36. The van der Waals surface area contributed by atoms with E-state index >= 15 is 0 Å². The summed E-state index contributed by atoms with van der Waals surface area (Å²) in [5.41, 5.74) is 7.42. The van der Waals surface area contributed by atoms with Gasteiger partial charge in [0.2, 0.25) is 0 Å². The highest BCUT2D eigenvalue weighted by Crippen LogP contribution is 2.30. The zero-order valence-corrected chi connectivity index (χ0v) is 10.3. The Balaban J connectivity index is 2.97. The number of nitrogens with two attached hydrogens (primary N) is 1. The van der Waals surface area contributed by atoms with Crippen LogP contribution in [0.5, 0.6) is 0 Å². The Labute approximate surface area is 97.6 Å². The summed E-state index contributed by atoms with van der Waals surface area (Å²) in [5, 5.41) is 0.773. The van der Waals surface area contributed by atoms with E-state index in [1.165, 1.54) is 5.56 Å². The van der Waals surface area contributed by atoms with Crippen LogP contribution in [-0.4, -0.2) is 0 Å². The molecule has 0 aliphatic carbocycles. The molecule has 0 spiro atoms. The predicted octanol–water partition coefficient (Wildman–Crippen LogP) is 4.09. The second kappa shape index (κ2) is 5.53. The van der Waals surface area contributed by atoms with E-state index < -0.39 is 0 Å². The lowest BCUT2D eigenvalue weighted by Gasteiger charge is -2.29. The summed E-state index contributed by atoms with van der Waals surface area (Å²) < 4.78 is 0. The Bertz CT molecular complexity index is 303. The van der Waals surface area contributed by atoms with Crippen LogP contribution in [0.15, 0.2) is 24.3 Å². The summed E-state index contributed by atoms with van der Waals surface area (Å²) in [6, 6.07) is 7.94. The monoisotopic (exact) mass is 225 g/mol. The van der Waals surface area contributed by atoms with Crippen molar-refractivity contribution in [2.24, 2.45) is 5.73 Å². The minimum absolute atomic E-state index is 0.200. The van der Waals surface area contributed by atoms with Crippen LogP contribution in [0.1, 0.15) is 45.1 Å². The predicted molar refractivity (Wildman–Crippen MR) is 67.1 cm³/mol. The molecule has 2 N–H and O–H groups in total. The van der Waals surface area contributed by atoms with E-state index in [4.69, 9.17) is 17.3 Å². The van der Waals surface area contributed by atoms with Gasteiger partial charge in [0.05, 0.1) is 0 Å². The first-order valence-corrected chi connectivity index (χ1v) is 6.05. The molecule has 1 rings (SSSR count). The molecule has 0 radical (unpaired) electrons. The summed E-state index contributed by atoms with van der Waals surface area (Å²) in [6.45, 7) is 4.34. The topological polar surface area (TPSA) is 26.0 Å². The van der Waals surface area contributed by atoms with Crippen molar-refractivity contribution >= 4 is 11.6 Å². The van der Waals surface area contributed by atoms with Gasteiger partial charge in [-0.1, -0.05) is 50.4 Å². The SMILES string of the molecule is CCCC(N)(CCC)c1cccc(Cl)c1. The Morgan fingerprint density at radius 1 is 1.20 bits per heavy atom. The van der Waals surface area contributed by atoms with Crippen LogP contribution in [0.4, 0.5) is 0 Å². The van der Waals surface area contributed by atoms with Gasteiger partial charge in [0.15, 0.2) is 0 Å². The third-order valence-corrected chi connectivity index (χ3v) is 3.03. The number of rotatable bonds is 5. The smallest absolute Gasteiger partial charge is 0.0409 e. The third-order valence-electron chi connectivity index (χ3n) is 2.79. The third kappa shape index (κ3) is 3.22. The molecule has 0 unspecified atom stereocenters. The van der Waals surface area contributed by atoms with Crippen LogP contribution < -0.4 is 5.73 Å². The van der Waals surface area contributed by atoms with Crippen molar-refractivity contribution < 1.29 is 0 Å². The molecule has 15 heavy (non-hydrogen) atoms. The van der Waals surface area contributed by atoms with Gasteiger partial charge in [-0.15, -0.1) is 0 Å². The molecule has 84 valence electrons. The summed E-state index contributed by atoms with van der Waals surface area (Å²) in [4.78, 5) is 0. The molecule has 0 atom stereocenters. The molecular weight excluding hydrogens is 206 g/mol. The molecule has 0 saturated carbocycles. The molecule has 1 nitrogen and oxygen atoms in total. The first-order valence-electron chi connectivity index (χ1n) is 5.67. The summed E-state index contributed by atoms with van der Waals surface area (Å²) in [5.74, 6) is 0. The van der Waals surface area contributed by atoms with Gasteiger partial charge in [-0.3, -0.25) is 0 Å². The fraction of sp³-hybridized carbons (Fsp3) is 0.538. The van der Waals surface area contributed by atoms with E-state index in [-0.39, 0.29) is 5.54 Å². The molecule has 2 heteroatoms. The molecule has 0 saturated heterocycles. The maximum Gasteiger partial charge on any atom is 0.0409 e. The summed E-state index contributed by atoms with van der Waals surface area (Å²) >= 11 is 6.00. The number of hydrogen-bond donors (Lipinski definition) is 1. The molecule has 0 heterocycles. The zero-order chi connectivity index (χ0) is 11.3. The Morgan fingerprint density at radius 2 is 1.80 bits per heavy atom. The highest BCUT2D eigenvalue weighted by Gasteiger charge is 2.25. The molecule has 0 bridgehead atoms. The number of halogens is 1. The standard InChI is InChI=1S/C13H20ClN/c1-3-8-13(15,9-4-2)11-6-5-7-12(14)10-11/h5-7,10H,3-4,8-9,15H2,1-2H3. The van der Waals surface area contributed by atoms with Crippen LogP contribution in [0.25, 0.3) is 0 Å². The van der Waals surface area contributed by atoms with E-state index in [0.29, 0.717) is 0 Å². The molecule has 0 aromatic heterocycles. The van der Waals surface area contributed by atoms with Gasteiger partial charge < -0.3 is 5.73 Å². The second-order valence-corrected chi connectivity index (χ2v) is 4.60. The lowest BCUT2D eigenvalue weighted by atomic mass is 9.83. The van der Waals surface area contributed by atoms with Crippen molar-refractivity contribution in [2.75, 3.05) is 0 Å². The van der Waals surface area contributed by atoms with Gasteiger partial charge in [0.1, 0.15) is 0 Å². The van der Waals surface area contributed by atoms with E-state index in [2.05, 4.69) is 19.9 Å². The first-order chi connectivity index (χ1) is 7.12. The fourth-order valence-corrected chi connectivity index (χ4v) is 2.29. The largest absolute Gasteiger partial charge is 0.321 e. The highest BCUT2D eigenvalue weighted by molar-refractivity contribution is 6.30. The van der Waals surface area contributed by atoms with Gasteiger partial charge in [-0.05, 0) is 30.5 Å². The van der Waals surface area contributed by atoms with Crippen molar-refractivity contribution in [3.8, 4) is 0 Å². The lowest BCUT2D eigenvalue weighted by molar-refractivity contribution is 0.369. The molecule has 0 aliphatic heterocycles. The van der Waals surface area contributed by atoms with Crippen LogP contribution in [0, 0.1) is 0 Å². The maximum absolute atomic E-state index is 6.45. The maximum atomic E-state index is 6.45. The second-order valence-electron chi connectivity index (χ2n) is 4.17. The minimum Gasteiger partial charge on any atom is -0.321 e. The quantitative estimate of drug-likeness (QED) is 0.803. The van der Waals surface area contributed by atoms with E-state index in [1.54, 1.807) is 0 Å². The molecule has 0 fully saturated rings.